The van der Waals surface area contributed by atoms with Gasteiger partial charge in [-0.1, -0.05) is 48.0 Å². The van der Waals surface area contributed by atoms with E-state index in [1.165, 1.54) is 19.3 Å². The van der Waals surface area contributed by atoms with Gasteiger partial charge in [0.25, 0.3) is 0 Å². The predicted molar refractivity (Wildman–Crippen MR) is 74.9 cm³/mol. The van der Waals surface area contributed by atoms with Crippen LogP contribution in [0.5, 0.6) is 0 Å². The number of hydrogen-bond donors (Lipinski definition) is 0. The average molecular weight is 240 g/mol. The monoisotopic (exact) mass is 240 g/mol. The second kappa shape index (κ2) is 3.93. The van der Waals surface area contributed by atoms with Crippen molar-refractivity contribution in [3.63, 3.8) is 0 Å². The Bertz CT molecular complexity index is 256. The van der Waals surface area contributed by atoms with E-state index in [0.717, 1.165) is 22.3 Å². The summed E-state index contributed by atoms with van der Waals surface area (Å²) in [6, 6.07) is 0. The van der Waals surface area contributed by atoms with E-state index < -0.39 is 0 Å². The molecule has 0 aromatic rings. The molecule has 0 aromatic heterocycles. The van der Waals surface area contributed by atoms with Crippen LogP contribution in [-0.4, -0.2) is 10.5 Å². The van der Waals surface area contributed by atoms with Crippen LogP contribution in [0, 0.1) is 22.7 Å². The van der Waals surface area contributed by atoms with Crippen LogP contribution in [0.1, 0.15) is 60.8 Å². The lowest BCUT2D eigenvalue weighted by Crippen LogP contribution is -2.38. The smallest absolute Gasteiger partial charge is 0.0135 e. The third-order valence-corrected chi connectivity index (χ3v) is 6.69. The minimum absolute atomic E-state index is 0.465. The van der Waals surface area contributed by atoms with Crippen molar-refractivity contribution in [1.82, 2.24) is 0 Å². The molecule has 1 aliphatic heterocycles. The third kappa shape index (κ3) is 2.17. The van der Waals surface area contributed by atoms with Crippen LogP contribution in [0.15, 0.2) is 0 Å². The summed E-state index contributed by atoms with van der Waals surface area (Å²) >= 11 is 2.32. The fourth-order valence-electron chi connectivity index (χ4n) is 3.87. The normalized spacial score (nSPS) is 40.1. The van der Waals surface area contributed by atoms with E-state index in [1.54, 1.807) is 0 Å². The first-order valence-electron chi connectivity index (χ1n) is 6.87. The molecule has 0 N–H and O–H groups in total. The van der Waals surface area contributed by atoms with Crippen LogP contribution < -0.4 is 0 Å². The molecule has 0 spiro atoms. The zero-order valence-corrected chi connectivity index (χ0v) is 12.7. The SMILES string of the molecule is CC(C)(C)C1SC2CCCC2C1C(C)(C)C. The zero-order chi connectivity index (χ0) is 12.1. The molecule has 2 fully saturated rings. The molecule has 94 valence electrons. The molecule has 1 aliphatic carbocycles. The van der Waals surface area contributed by atoms with Crippen LogP contribution in [0.4, 0.5) is 0 Å². The van der Waals surface area contributed by atoms with Gasteiger partial charge in [0.15, 0.2) is 0 Å². The number of hydrogen-bond acceptors (Lipinski definition) is 1. The molecule has 0 aromatic carbocycles. The molecule has 4 unspecified atom stereocenters. The summed E-state index contributed by atoms with van der Waals surface area (Å²) in [5, 5.41) is 1.84. The van der Waals surface area contributed by atoms with E-state index in [1.807, 2.05) is 0 Å². The Morgan fingerprint density at radius 3 is 2.00 bits per heavy atom. The highest BCUT2D eigenvalue weighted by Crippen LogP contribution is 2.60. The Morgan fingerprint density at radius 2 is 1.50 bits per heavy atom. The maximum absolute atomic E-state index is 2.46. The van der Waals surface area contributed by atoms with Crippen molar-refractivity contribution < 1.29 is 0 Å². The van der Waals surface area contributed by atoms with E-state index in [4.69, 9.17) is 0 Å². The van der Waals surface area contributed by atoms with Crippen molar-refractivity contribution in [3.05, 3.63) is 0 Å². The molecular formula is C15H28S. The molecule has 0 amide bonds. The fraction of sp³-hybridized carbons (Fsp3) is 1.00. The molecule has 0 nitrogen and oxygen atoms in total. The Morgan fingerprint density at radius 1 is 0.875 bits per heavy atom. The van der Waals surface area contributed by atoms with Gasteiger partial charge in [0.1, 0.15) is 0 Å². The first kappa shape index (κ1) is 12.8. The fourth-order valence-corrected chi connectivity index (χ4v) is 6.25. The molecule has 1 saturated heterocycles. The molecule has 1 heteroatoms. The highest BCUT2D eigenvalue weighted by molar-refractivity contribution is 8.00. The van der Waals surface area contributed by atoms with Gasteiger partial charge >= 0.3 is 0 Å². The molecule has 1 saturated carbocycles. The van der Waals surface area contributed by atoms with Crippen molar-refractivity contribution in [2.24, 2.45) is 22.7 Å². The lowest BCUT2D eigenvalue weighted by molar-refractivity contribution is 0.130. The second-order valence-electron chi connectivity index (χ2n) is 7.95. The highest BCUT2D eigenvalue weighted by Gasteiger charge is 2.53. The summed E-state index contributed by atoms with van der Waals surface area (Å²) in [5.41, 5.74) is 0.946. The first-order chi connectivity index (χ1) is 7.21. The molecule has 2 rings (SSSR count). The lowest BCUT2D eigenvalue weighted by atomic mass is 9.66. The first-order valence-corrected chi connectivity index (χ1v) is 7.81. The summed E-state index contributed by atoms with van der Waals surface area (Å²) < 4.78 is 0. The molecule has 2 aliphatic rings. The molecule has 4 atom stereocenters. The van der Waals surface area contributed by atoms with E-state index in [2.05, 4.69) is 53.3 Å². The van der Waals surface area contributed by atoms with Crippen molar-refractivity contribution in [3.8, 4) is 0 Å². The quantitative estimate of drug-likeness (QED) is 0.575. The van der Waals surface area contributed by atoms with Crippen molar-refractivity contribution in [2.75, 3.05) is 0 Å². The standard InChI is InChI=1S/C15H28S/c1-14(2,3)12-10-8-7-9-11(10)16-13(12)15(4,5)6/h10-13H,7-9H2,1-6H3. The Labute approximate surface area is 106 Å². The highest BCUT2D eigenvalue weighted by atomic mass is 32.2. The Kier molecular flexibility index (Phi) is 3.15. The van der Waals surface area contributed by atoms with Crippen molar-refractivity contribution >= 4 is 11.8 Å². The Hall–Kier alpha value is 0.350. The van der Waals surface area contributed by atoms with Gasteiger partial charge in [0, 0.05) is 10.5 Å². The van der Waals surface area contributed by atoms with Gasteiger partial charge in [-0.2, -0.15) is 11.8 Å². The summed E-state index contributed by atoms with van der Waals surface area (Å²) in [7, 11) is 0. The van der Waals surface area contributed by atoms with Crippen LogP contribution in [0.25, 0.3) is 0 Å². The van der Waals surface area contributed by atoms with Crippen molar-refractivity contribution in [1.29, 1.82) is 0 Å². The van der Waals surface area contributed by atoms with Crippen LogP contribution in [0.3, 0.4) is 0 Å². The van der Waals surface area contributed by atoms with E-state index in [-0.39, 0.29) is 0 Å². The molecule has 0 radical (unpaired) electrons. The summed E-state index contributed by atoms with van der Waals surface area (Å²) in [5.74, 6) is 1.93. The van der Waals surface area contributed by atoms with Crippen LogP contribution in [-0.2, 0) is 0 Å². The van der Waals surface area contributed by atoms with Gasteiger partial charge in [0.2, 0.25) is 0 Å². The second-order valence-corrected chi connectivity index (χ2v) is 9.33. The maximum Gasteiger partial charge on any atom is 0.0135 e. The number of fused-ring (bicyclic) bond motifs is 1. The van der Waals surface area contributed by atoms with Crippen LogP contribution >= 0.6 is 11.8 Å². The molecule has 0 bridgehead atoms. The zero-order valence-electron chi connectivity index (χ0n) is 11.8. The van der Waals surface area contributed by atoms with Gasteiger partial charge < -0.3 is 0 Å². The van der Waals surface area contributed by atoms with Gasteiger partial charge in [0.05, 0.1) is 0 Å². The van der Waals surface area contributed by atoms with Crippen LogP contribution in [0.2, 0.25) is 0 Å². The predicted octanol–water partition coefficient (Wildman–Crippen LogP) is 4.98. The summed E-state index contributed by atoms with van der Waals surface area (Å²) in [6.07, 6.45) is 4.45. The number of thioether (sulfide) groups is 1. The largest absolute Gasteiger partial charge is 0.154 e. The minimum atomic E-state index is 0.465. The number of rotatable bonds is 0. The van der Waals surface area contributed by atoms with Gasteiger partial charge in [-0.05, 0) is 35.5 Å². The van der Waals surface area contributed by atoms with Gasteiger partial charge in [-0.25, -0.2) is 0 Å². The third-order valence-electron chi connectivity index (χ3n) is 4.47. The lowest BCUT2D eigenvalue weighted by Gasteiger charge is -2.41. The maximum atomic E-state index is 2.46. The van der Waals surface area contributed by atoms with Crippen molar-refractivity contribution in [2.45, 2.75) is 71.3 Å². The minimum Gasteiger partial charge on any atom is -0.154 e. The van der Waals surface area contributed by atoms with E-state index in [0.29, 0.717) is 10.8 Å². The van der Waals surface area contributed by atoms with Gasteiger partial charge in [-0.15, -0.1) is 0 Å². The topological polar surface area (TPSA) is 0 Å². The Balaban J connectivity index is 2.27. The molecular weight excluding hydrogens is 212 g/mol. The van der Waals surface area contributed by atoms with E-state index >= 15 is 0 Å². The molecule has 16 heavy (non-hydrogen) atoms. The summed E-state index contributed by atoms with van der Waals surface area (Å²) in [6.45, 7) is 14.7. The van der Waals surface area contributed by atoms with Gasteiger partial charge in [-0.3, -0.25) is 0 Å². The molecule has 1 heterocycles. The average Bonchev–Trinajstić information content (AvgIpc) is 2.53. The summed E-state index contributed by atoms with van der Waals surface area (Å²) in [4.78, 5) is 0. The van der Waals surface area contributed by atoms with E-state index in [9.17, 15) is 0 Å².